The molecule has 0 bridgehead atoms. The topological polar surface area (TPSA) is 84.7 Å². The molecule has 1 aliphatic heterocycles. The molecular formula is C15H25N3O3S. The lowest BCUT2D eigenvalue weighted by molar-refractivity contribution is 0.189. The van der Waals surface area contributed by atoms with Crippen LogP contribution < -0.4 is 11.1 Å². The van der Waals surface area contributed by atoms with Gasteiger partial charge in [-0.15, -0.1) is 0 Å². The molecule has 7 heteroatoms. The summed E-state index contributed by atoms with van der Waals surface area (Å²) in [4.78, 5) is 0.343. The second kappa shape index (κ2) is 8.03. The first kappa shape index (κ1) is 17.4. The number of rotatable bonds is 7. The van der Waals surface area contributed by atoms with Gasteiger partial charge in [-0.05, 0) is 30.5 Å². The first-order valence-corrected chi connectivity index (χ1v) is 9.03. The summed E-state index contributed by atoms with van der Waals surface area (Å²) < 4.78 is 31.8. The van der Waals surface area contributed by atoms with E-state index in [9.17, 15) is 8.42 Å². The maximum atomic E-state index is 12.6. The largest absolute Gasteiger partial charge is 0.383 e. The second-order valence-corrected chi connectivity index (χ2v) is 7.41. The number of hydrogen-bond donors (Lipinski definition) is 2. The summed E-state index contributed by atoms with van der Waals surface area (Å²) in [5.41, 5.74) is 6.47. The lowest BCUT2D eigenvalue weighted by Gasteiger charge is -2.31. The Bertz CT molecular complexity index is 552. The Hall–Kier alpha value is -0.990. The molecule has 0 unspecified atom stereocenters. The Labute approximate surface area is 132 Å². The van der Waals surface area contributed by atoms with Crippen LogP contribution in [-0.2, 0) is 21.3 Å². The normalized spacial score (nSPS) is 17.7. The molecule has 1 aromatic rings. The van der Waals surface area contributed by atoms with E-state index in [1.165, 1.54) is 0 Å². The standard InChI is InChI=1S/C15H25N3O3S/c1-21-11-8-17-14-6-9-18(10-7-14)22(19,20)15-4-2-13(12-16)3-5-15/h2-5,14,17H,6-12,16H2,1H3. The van der Waals surface area contributed by atoms with Crippen LogP contribution >= 0.6 is 0 Å². The Morgan fingerprint density at radius 3 is 2.45 bits per heavy atom. The van der Waals surface area contributed by atoms with Crippen LogP contribution in [0, 0.1) is 0 Å². The Kier molecular flexibility index (Phi) is 6.34. The van der Waals surface area contributed by atoms with Gasteiger partial charge in [-0.25, -0.2) is 8.42 Å². The van der Waals surface area contributed by atoms with Crippen molar-refractivity contribution >= 4 is 10.0 Å². The first-order valence-electron chi connectivity index (χ1n) is 7.59. The molecule has 0 aromatic heterocycles. The molecule has 2 rings (SSSR count). The fraction of sp³-hybridized carbons (Fsp3) is 0.600. The number of ether oxygens (including phenoxy) is 1. The van der Waals surface area contributed by atoms with E-state index in [1.807, 2.05) is 0 Å². The average Bonchev–Trinajstić information content (AvgIpc) is 2.55. The third kappa shape index (κ3) is 4.27. The molecule has 0 spiro atoms. The van der Waals surface area contributed by atoms with Crippen LogP contribution in [0.4, 0.5) is 0 Å². The van der Waals surface area contributed by atoms with Crippen LogP contribution in [0.3, 0.4) is 0 Å². The third-order valence-corrected chi connectivity index (χ3v) is 5.90. The maximum Gasteiger partial charge on any atom is 0.243 e. The van der Waals surface area contributed by atoms with Crippen LogP contribution in [0.1, 0.15) is 18.4 Å². The van der Waals surface area contributed by atoms with Gasteiger partial charge in [0, 0.05) is 39.3 Å². The van der Waals surface area contributed by atoms with E-state index in [0.29, 0.717) is 37.2 Å². The lowest BCUT2D eigenvalue weighted by Crippen LogP contribution is -2.45. The van der Waals surface area contributed by atoms with E-state index < -0.39 is 10.0 Å². The predicted octanol–water partition coefficient (Wildman–Crippen LogP) is 0.534. The molecular weight excluding hydrogens is 302 g/mol. The van der Waals surface area contributed by atoms with Crippen molar-refractivity contribution in [2.24, 2.45) is 5.73 Å². The third-order valence-electron chi connectivity index (χ3n) is 3.99. The fourth-order valence-corrected chi connectivity index (χ4v) is 4.08. The highest BCUT2D eigenvalue weighted by molar-refractivity contribution is 7.89. The van der Waals surface area contributed by atoms with E-state index in [0.717, 1.165) is 24.9 Å². The molecule has 22 heavy (non-hydrogen) atoms. The van der Waals surface area contributed by atoms with Crippen LogP contribution in [-0.4, -0.2) is 52.1 Å². The van der Waals surface area contributed by atoms with E-state index >= 15 is 0 Å². The Balaban J connectivity index is 1.94. The van der Waals surface area contributed by atoms with E-state index in [-0.39, 0.29) is 0 Å². The van der Waals surface area contributed by atoms with Gasteiger partial charge in [0.1, 0.15) is 0 Å². The number of sulfonamides is 1. The summed E-state index contributed by atoms with van der Waals surface area (Å²) in [6, 6.07) is 7.18. The van der Waals surface area contributed by atoms with E-state index in [4.69, 9.17) is 10.5 Å². The molecule has 0 saturated carbocycles. The number of methoxy groups -OCH3 is 1. The minimum absolute atomic E-state index is 0.343. The predicted molar refractivity (Wildman–Crippen MR) is 86.0 cm³/mol. The molecule has 124 valence electrons. The van der Waals surface area contributed by atoms with Crippen molar-refractivity contribution in [2.75, 3.05) is 33.4 Å². The van der Waals surface area contributed by atoms with Gasteiger partial charge in [-0.1, -0.05) is 12.1 Å². The number of hydrogen-bond acceptors (Lipinski definition) is 5. The maximum absolute atomic E-state index is 12.6. The molecule has 1 saturated heterocycles. The van der Waals surface area contributed by atoms with Gasteiger partial charge in [-0.2, -0.15) is 4.31 Å². The zero-order valence-electron chi connectivity index (χ0n) is 13.0. The highest BCUT2D eigenvalue weighted by atomic mass is 32.2. The molecule has 1 heterocycles. The van der Waals surface area contributed by atoms with Crippen LogP contribution in [0.5, 0.6) is 0 Å². The Morgan fingerprint density at radius 1 is 1.27 bits per heavy atom. The van der Waals surface area contributed by atoms with Crippen molar-refractivity contribution in [1.82, 2.24) is 9.62 Å². The second-order valence-electron chi connectivity index (χ2n) is 5.47. The van der Waals surface area contributed by atoms with Crippen molar-refractivity contribution in [2.45, 2.75) is 30.3 Å². The van der Waals surface area contributed by atoms with Gasteiger partial charge in [0.2, 0.25) is 10.0 Å². The molecule has 1 fully saturated rings. The van der Waals surface area contributed by atoms with Gasteiger partial charge in [0.15, 0.2) is 0 Å². The SMILES string of the molecule is COCCNC1CCN(S(=O)(=O)c2ccc(CN)cc2)CC1. The molecule has 3 N–H and O–H groups in total. The van der Waals surface area contributed by atoms with E-state index in [2.05, 4.69) is 5.32 Å². The summed E-state index contributed by atoms with van der Waals surface area (Å²) in [5.74, 6) is 0. The molecule has 0 radical (unpaired) electrons. The molecule has 1 aliphatic rings. The molecule has 1 aromatic carbocycles. The van der Waals surface area contributed by atoms with Gasteiger partial charge in [-0.3, -0.25) is 0 Å². The zero-order chi connectivity index (χ0) is 16.0. The monoisotopic (exact) mass is 327 g/mol. The lowest BCUT2D eigenvalue weighted by atomic mass is 10.1. The summed E-state index contributed by atoms with van der Waals surface area (Å²) >= 11 is 0. The molecule has 0 aliphatic carbocycles. The smallest absolute Gasteiger partial charge is 0.243 e. The van der Waals surface area contributed by atoms with Gasteiger partial charge < -0.3 is 15.8 Å². The van der Waals surface area contributed by atoms with Crippen LogP contribution in [0.25, 0.3) is 0 Å². The minimum Gasteiger partial charge on any atom is -0.383 e. The number of nitrogens with two attached hydrogens (primary N) is 1. The van der Waals surface area contributed by atoms with Gasteiger partial charge >= 0.3 is 0 Å². The van der Waals surface area contributed by atoms with Crippen LogP contribution in [0.2, 0.25) is 0 Å². The number of benzene rings is 1. The van der Waals surface area contributed by atoms with Crippen molar-refractivity contribution in [3.05, 3.63) is 29.8 Å². The van der Waals surface area contributed by atoms with Crippen LogP contribution in [0.15, 0.2) is 29.2 Å². The fourth-order valence-electron chi connectivity index (χ4n) is 2.61. The highest BCUT2D eigenvalue weighted by Crippen LogP contribution is 2.21. The molecule has 0 atom stereocenters. The summed E-state index contributed by atoms with van der Waals surface area (Å²) in [6.45, 7) is 2.98. The first-order chi connectivity index (χ1) is 10.6. The summed E-state index contributed by atoms with van der Waals surface area (Å²) in [7, 11) is -1.72. The number of piperidine rings is 1. The van der Waals surface area contributed by atoms with Crippen molar-refractivity contribution in [3.63, 3.8) is 0 Å². The highest BCUT2D eigenvalue weighted by Gasteiger charge is 2.29. The van der Waals surface area contributed by atoms with Crippen molar-refractivity contribution < 1.29 is 13.2 Å². The summed E-state index contributed by atoms with van der Waals surface area (Å²) in [6.07, 6.45) is 1.65. The van der Waals surface area contributed by atoms with E-state index in [1.54, 1.807) is 35.7 Å². The number of nitrogens with one attached hydrogen (secondary N) is 1. The van der Waals surface area contributed by atoms with Gasteiger partial charge in [0.25, 0.3) is 0 Å². The Morgan fingerprint density at radius 2 is 1.91 bits per heavy atom. The number of nitrogens with zero attached hydrogens (tertiary/aromatic N) is 1. The summed E-state index contributed by atoms with van der Waals surface area (Å²) in [5, 5.41) is 3.39. The average molecular weight is 327 g/mol. The van der Waals surface area contributed by atoms with Crippen molar-refractivity contribution in [1.29, 1.82) is 0 Å². The minimum atomic E-state index is -3.40. The molecule has 0 amide bonds. The molecule has 6 nitrogen and oxygen atoms in total. The van der Waals surface area contributed by atoms with Gasteiger partial charge in [0.05, 0.1) is 11.5 Å². The van der Waals surface area contributed by atoms with Crippen molar-refractivity contribution in [3.8, 4) is 0 Å². The zero-order valence-corrected chi connectivity index (χ0v) is 13.8. The quantitative estimate of drug-likeness (QED) is 0.714.